The Balaban J connectivity index is 1.79. The minimum atomic E-state index is -0.314. The monoisotopic (exact) mass is 306 g/mol. The average Bonchev–Trinajstić information content (AvgIpc) is 2.58. The topological polar surface area (TPSA) is 26.3 Å². The fourth-order valence-electron chi connectivity index (χ4n) is 2.12. The van der Waals surface area contributed by atoms with Gasteiger partial charge in [-0.15, -0.1) is 0 Å². The van der Waals surface area contributed by atoms with Crippen molar-refractivity contribution in [1.29, 1.82) is 0 Å². The van der Waals surface area contributed by atoms with Gasteiger partial charge in [0.05, 0.1) is 6.61 Å². The van der Waals surface area contributed by atoms with Gasteiger partial charge in [-0.2, -0.15) is 0 Å². The lowest BCUT2D eigenvalue weighted by atomic mass is 10.1. The Morgan fingerprint density at radius 1 is 1.00 bits per heavy atom. The van der Waals surface area contributed by atoms with Crippen molar-refractivity contribution in [2.45, 2.75) is 19.8 Å². The first-order chi connectivity index (χ1) is 11.1. The van der Waals surface area contributed by atoms with Gasteiger partial charge >= 0.3 is 5.97 Å². The Labute approximate surface area is 138 Å². The van der Waals surface area contributed by atoms with Crippen LogP contribution in [0, 0.1) is 0 Å². The van der Waals surface area contributed by atoms with E-state index in [4.69, 9.17) is 4.74 Å². The van der Waals surface area contributed by atoms with E-state index in [9.17, 15) is 4.79 Å². The van der Waals surface area contributed by atoms with E-state index in [1.165, 1.54) is 16.7 Å². The van der Waals surface area contributed by atoms with Crippen LogP contribution in [0.3, 0.4) is 0 Å². The van der Waals surface area contributed by atoms with Gasteiger partial charge in [0.15, 0.2) is 0 Å². The molecule has 0 aromatic heterocycles. The minimum absolute atomic E-state index is 0.314. The zero-order chi connectivity index (χ0) is 16.5. The Morgan fingerprint density at radius 3 is 2.22 bits per heavy atom. The molecular formula is C21H22O2. The van der Waals surface area contributed by atoms with E-state index in [2.05, 4.69) is 55.1 Å². The summed E-state index contributed by atoms with van der Waals surface area (Å²) in [4.78, 5) is 11.3. The summed E-state index contributed by atoms with van der Waals surface area (Å²) in [6, 6.07) is 18.7. The summed E-state index contributed by atoms with van der Waals surface area (Å²) in [5, 5.41) is 0. The van der Waals surface area contributed by atoms with E-state index in [1.807, 2.05) is 18.2 Å². The predicted octanol–water partition coefficient (Wildman–Crippen LogP) is 4.91. The molecule has 2 aromatic rings. The number of hydrogen-bond donors (Lipinski definition) is 0. The van der Waals surface area contributed by atoms with Gasteiger partial charge in [-0.05, 0) is 36.5 Å². The Bertz CT molecular complexity index is 667. The first kappa shape index (κ1) is 16.8. The van der Waals surface area contributed by atoms with Crippen molar-refractivity contribution in [3.8, 4) is 0 Å². The molecule has 0 amide bonds. The lowest BCUT2D eigenvalue weighted by Crippen LogP contribution is -2.06. The molecule has 0 saturated heterocycles. The highest BCUT2D eigenvalue weighted by atomic mass is 16.5. The second-order valence-corrected chi connectivity index (χ2v) is 5.51. The summed E-state index contributed by atoms with van der Waals surface area (Å²) in [6.07, 6.45) is 5.92. The van der Waals surface area contributed by atoms with Crippen LogP contribution in [0.2, 0.25) is 0 Å². The van der Waals surface area contributed by atoms with Crippen LogP contribution in [0.25, 0.3) is 12.2 Å². The highest BCUT2D eigenvalue weighted by Gasteiger charge is 2.02. The fraction of sp³-hybridized carbons (Fsp3) is 0.190. The molecule has 0 bridgehead atoms. The third-order valence-electron chi connectivity index (χ3n) is 3.44. The predicted molar refractivity (Wildman–Crippen MR) is 95.9 cm³/mol. The molecule has 0 saturated carbocycles. The number of aryl methyl sites for hydroxylation is 1. The number of rotatable bonds is 7. The molecule has 2 heteroatoms. The third kappa shape index (κ3) is 5.95. The highest BCUT2D eigenvalue weighted by molar-refractivity contribution is 5.86. The van der Waals surface area contributed by atoms with Crippen LogP contribution in [0.1, 0.15) is 30.0 Å². The standard InChI is InChI=1S/C21H22O2/c1-17(2)21(22)23-16-6-9-19-11-14-20(15-12-19)13-10-18-7-4-3-5-8-18/h3-5,7-8,10-15H,1,6,9,16H2,2H3. The quantitative estimate of drug-likeness (QED) is 0.314. The fourth-order valence-corrected chi connectivity index (χ4v) is 2.12. The summed E-state index contributed by atoms with van der Waals surface area (Å²) < 4.78 is 5.09. The van der Waals surface area contributed by atoms with Crippen LogP contribution in [-0.4, -0.2) is 12.6 Å². The maximum atomic E-state index is 11.3. The maximum Gasteiger partial charge on any atom is 0.333 e. The van der Waals surface area contributed by atoms with Crippen LogP contribution in [0.15, 0.2) is 66.7 Å². The minimum Gasteiger partial charge on any atom is -0.462 e. The SMILES string of the molecule is C=C(C)C(=O)OCCCc1ccc(C=Cc2ccccc2)cc1. The molecule has 0 atom stereocenters. The molecule has 0 aliphatic rings. The van der Waals surface area contributed by atoms with E-state index in [1.54, 1.807) is 6.92 Å². The largest absolute Gasteiger partial charge is 0.462 e. The van der Waals surface area contributed by atoms with Gasteiger partial charge in [-0.3, -0.25) is 0 Å². The second-order valence-electron chi connectivity index (χ2n) is 5.51. The summed E-state index contributed by atoms with van der Waals surface area (Å²) in [7, 11) is 0. The average molecular weight is 306 g/mol. The summed E-state index contributed by atoms with van der Waals surface area (Å²) >= 11 is 0. The van der Waals surface area contributed by atoms with E-state index in [0.29, 0.717) is 12.2 Å². The third-order valence-corrected chi connectivity index (χ3v) is 3.44. The van der Waals surface area contributed by atoms with Crippen molar-refractivity contribution >= 4 is 18.1 Å². The molecule has 0 unspecified atom stereocenters. The van der Waals surface area contributed by atoms with Crippen molar-refractivity contribution in [2.24, 2.45) is 0 Å². The van der Waals surface area contributed by atoms with Crippen LogP contribution in [0.4, 0.5) is 0 Å². The van der Waals surface area contributed by atoms with Crippen LogP contribution >= 0.6 is 0 Å². The smallest absolute Gasteiger partial charge is 0.333 e. The molecule has 23 heavy (non-hydrogen) atoms. The van der Waals surface area contributed by atoms with Gasteiger partial charge in [-0.25, -0.2) is 4.79 Å². The molecule has 0 radical (unpaired) electrons. The molecule has 2 aromatic carbocycles. The van der Waals surface area contributed by atoms with Gasteiger partial charge in [0.1, 0.15) is 0 Å². The lowest BCUT2D eigenvalue weighted by molar-refractivity contribution is -0.139. The number of hydrogen-bond acceptors (Lipinski definition) is 2. The Kier molecular flexibility index (Phi) is 6.37. The van der Waals surface area contributed by atoms with E-state index < -0.39 is 0 Å². The van der Waals surface area contributed by atoms with Crippen molar-refractivity contribution in [1.82, 2.24) is 0 Å². The van der Waals surface area contributed by atoms with E-state index >= 15 is 0 Å². The second kappa shape index (κ2) is 8.74. The first-order valence-corrected chi connectivity index (χ1v) is 7.80. The molecule has 0 spiro atoms. The number of esters is 1. The van der Waals surface area contributed by atoms with Crippen molar-refractivity contribution in [3.63, 3.8) is 0 Å². The van der Waals surface area contributed by atoms with Crippen LogP contribution < -0.4 is 0 Å². The number of carbonyl (C=O) groups excluding carboxylic acids is 1. The maximum absolute atomic E-state index is 11.3. The van der Waals surface area contributed by atoms with Crippen molar-refractivity contribution < 1.29 is 9.53 Å². The van der Waals surface area contributed by atoms with E-state index in [0.717, 1.165) is 12.8 Å². The van der Waals surface area contributed by atoms with Gasteiger partial charge in [-0.1, -0.05) is 73.3 Å². The molecule has 0 aliphatic carbocycles. The molecule has 0 heterocycles. The molecule has 0 fully saturated rings. The van der Waals surface area contributed by atoms with Crippen LogP contribution in [0.5, 0.6) is 0 Å². The van der Waals surface area contributed by atoms with Crippen molar-refractivity contribution in [3.05, 3.63) is 83.4 Å². The van der Waals surface area contributed by atoms with Gasteiger partial charge in [0, 0.05) is 5.57 Å². The van der Waals surface area contributed by atoms with E-state index in [-0.39, 0.29) is 5.97 Å². The Hall–Kier alpha value is -2.61. The molecule has 0 N–H and O–H groups in total. The molecule has 0 aliphatic heterocycles. The molecular weight excluding hydrogens is 284 g/mol. The summed E-state index contributed by atoms with van der Waals surface area (Å²) in [5.74, 6) is -0.314. The zero-order valence-corrected chi connectivity index (χ0v) is 13.5. The summed E-state index contributed by atoms with van der Waals surface area (Å²) in [5.41, 5.74) is 4.05. The normalized spacial score (nSPS) is 10.7. The van der Waals surface area contributed by atoms with Gasteiger partial charge in [0.2, 0.25) is 0 Å². The lowest BCUT2D eigenvalue weighted by Gasteiger charge is -2.05. The number of benzene rings is 2. The zero-order valence-electron chi connectivity index (χ0n) is 13.5. The number of ether oxygens (including phenoxy) is 1. The van der Waals surface area contributed by atoms with Crippen LogP contribution in [-0.2, 0) is 16.0 Å². The van der Waals surface area contributed by atoms with Crippen molar-refractivity contribution in [2.75, 3.05) is 6.61 Å². The highest BCUT2D eigenvalue weighted by Crippen LogP contribution is 2.11. The Morgan fingerprint density at radius 2 is 1.61 bits per heavy atom. The van der Waals surface area contributed by atoms with Gasteiger partial charge < -0.3 is 4.74 Å². The number of carbonyl (C=O) groups is 1. The first-order valence-electron chi connectivity index (χ1n) is 7.80. The van der Waals surface area contributed by atoms with Gasteiger partial charge in [0.25, 0.3) is 0 Å². The molecule has 2 nitrogen and oxygen atoms in total. The molecule has 118 valence electrons. The summed E-state index contributed by atoms with van der Waals surface area (Å²) in [6.45, 7) is 5.65. The molecule has 2 rings (SSSR count).